The summed E-state index contributed by atoms with van der Waals surface area (Å²) in [6.07, 6.45) is 6.22. The highest BCUT2D eigenvalue weighted by molar-refractivity contribution is 5.83. The van der Waals surface area contributed by atoms with E-state index >= 15 is 0 Å². The van der Waals surface area contributed by atoms with E-state index in [0.29, 0.717) is 6.04 Å². The molecule has 1 aliphatic heterocycles. The summed E-state index contributed by atoms with van der Waals surface area (Å²) >= 11 is 0. The SMILES string of the molecule is CC(CCCO)N1CCCC(NC2CC2)C1=O. The molecular weight excluding hydrogens is 216 g/mol. The summed E-state index contributed by atoms with van der Waals surface area (Å²) in [5.41, 5.74) is 0. The Morgan fingerprint density at radius 2 is 2.24 bits per heavy atom. The third-order valence-electron chi connectivity index (χ3n) is 3.80. The molecule has 2 atom stereocenters. The number of nitrogens with one attached hydrogen (secondary N) is 1. The maximum Gasteiger partial charge on any atom is 0.239 e. The van der Waals surface area contributed by atoms with Crippen LogP contribution in [0, 0.1) is 0 Å². The Balaban J connectivity index is 1.85. The highest BCUT2D eigenvalue weighted by atomic mass is 16.3. The molecule has 1 amide bonds. The first-order chi connectivity index (χ1) is 8.22. The van der Waals surface area contributed by atoms with Gasteiger partial charge in [-0.1, -0.05) is 0 Å². The van der Waals surface area contributed by atoms with E-state index in [1.807, 2.05) is 4.90 Å². The predicted octanol–water partition coefficient (Wildman–Crippen LogP) is 0.890. The second-order valence-electron chi connectivity index (χ2n) is 5.38. The van der Waals surface area contributed by atoms with Crippen LogP contribution in [0.1, 0.15) is 45.4 Å². The van der Waals surface area contributed by atoms with Crippen LogP contribution in [0.25, 0.3) is 0 Å². The lowest BCUT2D eigenvalue weighted by Gasteiger charge is -2.37. The molecular formula is C13H24N2O2. The normalized spacial score (nSPS) is 27.3. The van der Waals surface area contributed by atoms with Crippen molar-refractivity contribution >= 4 is 5.91 Å². The molecule has 1 aliphatic carbocycles. The smallest absolute Gasteiger partial charge is 0.239 e. The van der Waals surface area contributed by atoms with Gasteiger partial charge in [-0.3, -0.25) is 4.79 Å². The number of aliphatic hydroxyl groups is 1. The summed E-state index contributed by atoms with van der Waals surface area (Å²) in [6.45, 7) is 3.19. The van der Waals surface area contributed by atoms with Crippen molar-refractivity contribution in [3.05, 3.63) is 0 Å². The highest BCUT2D eigenvalue weighted by Gasteiger charge is 2.34. The summed E-state index contributed by atoms with van der Waals surface area (Å²) in [7, 11) is 0. The molecule has 1 heterocycles. The van der Waals surface area contributed by atoms with E-state index in [-0.39, 0.29) is 24.6 Å². The lowest BCUT2D eigenvalue weighted by atomic mass is 10.0. The molecule has 4 nitrogen and oxygen atoms in total. The summed E-state index contributed by atoms with van der Waals surface area (Å²) in [5.74, 6) is 0.272. The first-order valence-corrected chi connectivity index (χ1v) is 6.89. The number of rotatable bonds is 6. The van der Waals surface area contributed by atoms with Crippen LogP contribution < -0.4 is 5.32 Å². The molecule has 1 saturated carbocycles. The number of piperidine rings is 1. The molecule has 2 N–H and O–H groups in total. The van der Waals surface area contributed by atoms with E-state index in [1.165, 1.54) is 12.8 Å². The average Bonchev–Trinajstić information content (AvgIpc) is 3.13. The molecule has 0 aromatic carbocycles. The summed E-state index contributed by atoms with van der Waals surface area (Å²) in [4.78, 5) is 14.3. The fourth-order valence-corrected chi connectivity index (χ4v) is 2.57. The van der Waals surface area contributed by atoms with E-state index in [2.05, 4.69) is 12.2 Å². The Kier molecular flexibility index (Phi) is 4.40. The topological polar surface area (TPSA) is 52.6 Å². The van der Waals surface area contributed by atoms with Crippen LogP contribution in [0.2, 0.25) is 0 Å². The van der Waals surface area contributed by atoms with Crippen LogP contribution in [0.5, 0.6) is 0 Å². The van der Waals surface area contributed by atoms with Gasteiger partial charge in [0.15, 0.2) is 0 Å². The number of hydrogen-bond donors (Lipinski definition) is 2. The molecule has 17 heavy (non-hydrogen) atoms. The Morgan fingerprint density at radius 3 is 2.88 bits per heavy atom. The minimum absolute atomic E-state index is 0.0489. The Labute approximate surface area is 103 Å². The van der Waals surface area contributed by atoms with Gasteiger partial charge >= 0.3 is 0 Å². The lowest BCUT2D eigenvalue weighted by Crippen LogP contribution is -2.54. The molecule has 0 aromatic rings. The molecule has 98 valence electrons. The summed E-state index contributed by atoms with van der Waals surface area (Å²) in [6, 6.07) is 0.905. The summed E-state index contributed by atoms with van der Waals surface area (Å²) in [5, 5.41) is 12.3. The van der Waals surface area contributed by atoms with Crippen molar-refractivity contribution in [2.24, 2.45) is 0 Å². The number of amides is 1. The first-order valence-electron chi connectivity index (χ1n) is 6.89. The van der Waals surface area contributed by atoms with Crippen molar-refractivity contribution in [2.45, 2.75) is 63.6 Å². The first kappa shape index (κ1) is 12.8. The van der Waals surface area contributed by atoms with Crippen LogP contribution in [-0.2, 0) is 4.79 Å². The number of likely N-dealkylation sites (tertiary alicyclic amines) is 1. The predicted molar refractivity (Wildman–Crippen MR) is 66.7 cm³/mol. The monoisotopic (exact) mass is 240 g/mol. The van der Waals surface area contributed by atoms with Gasteiger partial charge in [0, 0.05) is 25.2 Å². The third-order valence-corrected chi connectivity index (χ3v) is 3.80. The zero-order valence-electron chi connectivity index (χ0n) is 10.7. The highest BCUT2D eigenvalue weighted by Crippen LogP contribution is 2.23. The van der Waals surface area contributed by atoms with Gasteiger partial charge in [0.1, 0.15) is 0 Å². The molecule has 1 saturated heterocycles. The molecule has 2 fully saturated rings. The number of nitrogens with zero attached hydrogens (tertiary/aromatic N) is 1. The zero-order valence-corrected chi connectivity index (χ0v) is 10.7. The molecule has 2 aliphatic rings. The zero-order chi connectivity index (χ0) is 12.3. The Morgan fingerprint density at radius 1 is 1.47 bits per heavy atom. The van der Waals surface area contributed by atoms with Crippen molar-refractivity contribution in [3.63, 3.8) is 0 Å². The largest absolute Gasteiger partial charge is 0.396 e. The molecule has 0 radical (unpaired) electrons. The number of carbonyl (C=O) groups excluding carboxylic acids is 1. The lowest BCUT2D eigenvalue weighted by molar-refractivity contribution is -0.138. The van der Waals surface area contributed by atoms with Gasteiger partial charge in [0.2, 0.25) is 5.91 Å². The quantitative estimate of drug-likeness (QED) is 0.725. The van der Waals surface area contributed by atoms with Gasteiger partial charge in [-0.05, 0) is 45.4 Å². The fraction of sp³-hybridized carbons (Fsp3) is 0.923. The van der Waals surface area contributed by atoms with Crippen molar-refractivity contribution in [1.82, 2.24) is 10.2 Å². The van der Waals surface area contributed by atoms with Crippen LogP contribution in [-0.4, -0.2) is 47.2 Å². The van der Waals surface area contributed by atoms with Crippen molar-refractivity contribution < 1.29 is 9.90 Å². The van der Waals surface area contributed by atoms with Gasteiger partial charge in [0.05, 0.1) is 6.04 Å². The van der Waals surface area contributed by atoms with E-state index in [0.717, 1.165) is 32.2 Å². The minimum atomic E-state index is 0.0489. The number of hydrogen-bond acceptors (Lipinski definition) is 3. The third kappa shape index (κ3) is 3.42. The molecule has 0 aromatic heterocycles. The van der Waals surface area contributed by atoms with Gasteiger partial charge < -0.3 is 15.3 Å². The van der Waals surface area contributed by atoms with Crippen molar-refractivity contribution in [1.29, 1.82) is 0 Å². The van der Waals surface area contributed by atoms with Crippen LogP contribution in [0.3, 0.4) is 0 Å². The van der Waals surface area contributed by atoms with Gasteiger partial charge in [-0.25, -0.2) is 0 Å². The van der Waals surface area contributed by atoms with Crippen molar-refractivity contribution in [2.75, 3.05) is 13.2 Å². The van der Waals surface area contributed by atoms with E-state index < -0.39 is 0 Å². The fourth-order valence-electron chi connectivity index (χ4n) is 2.57. The Hall–Kier alpha value is -0.610. The summed E-state index contributed by atoms with van der Waals surface area (Å²) < 4.78 is 0. The van der Waals surface area contributed by atoms with Crippen LogP contribution in [0.15, 0.2) is 0 Å². The number of carbonyl (C=O) groups is 1. The van der Waals surface area contributed by atoms with Crippen LogP contribution in [0.4, 0.5) is 0 Å². The van der Waals surface area contributed by atoms with Crippen molar-refractivity contribution in [3.8, 4) is 0 Å². The maximum absolute atomic E-state index is 12.3. The van der Waals surface area contributed by atoms with E-state index in [4.69, 9.17) is 5.11 Å². The average molecular weight is 240 g/mol. The molecule has 0 bridgehead atoms. The molecule has 2 unspecified atom stereocenters. The van der Waals surface area contributed by atoms with Gasteiger partial charge in [0.25, 0.3) is 0 Å². The van der Waals surface area contributed by atoms with Gasteiger partial charge in [-0.2, -0.15) is 0 Å². The second-order valence-corrected chi connectivity index (χ2v) is 5.38. The number of aliphatic hydroxyl groups excluding tert-OH is 1. The van der Waals surface area contributed by atoms with E-state index in [1.54, 1.807) is 0 Å². The Bertz CT molecular complexity index is 266. The molecule has 2 rings (SSSR count). The molecule has 0 spiro atoms. The standard InChI is InChI=1S/C13H24N2O2/c1-10(4-3-9-16)15-8-2-5-12(13(15)17)14-11-6-7-11/h10-12,14,16H,2-9H2,1H3. The molecule has 4 heteroatoms. The van der Waals surface area contributed by atoms with Crippen LogP contribution >= 0.6 is 0 Å². The second kappa shape index (κ2) is 5.83. The maximum atomic E-state index is 12.3. The minimum Gasteiger partial charge on any atom is -0.396 e. The van der Waals surface area contributed by atoms with Gasteiger partial charge in [-0.15, -0.1) is 0 Å². The van der Waals surface area contributed by atoms with E-state index in [9.17, 15) is 4.79 Å².